The van der Waals surface area contributed by atoms with Crippen molar-refractivity contribution < 1.29 is 18.4 Å². The molecule has 3 heterocycles. The predicted molar refractivity (Wildman–Crippen MR) is 127 cm³/mol. The van der Waals surface area contributed by atoms with Crippen LogP contribution in [0.25, 0.3) is 11.3 Å². The Morgan fingerprint density at radius 2 is 1.69 bits per heavy atom. The third-order valence-corrected chi connectivity index (χ3v) is 5.20. The number of nitrogens with zero attached hydrogens (tertiary/aromatic N) is 4. The average Bonchev–Trinajstić information content (AvgIpc) is 3.61. The second kappa shape index (κ2) is 9.60. The lowest BCUT2D eigenvalue weighted by molar-refractivity contribution is 0.0983. The van der Waals surface area contributed by atoms with Crippen LogP contribution in [0.2, 0.25) is 0 Å². The lowest BCUT2D eigenvalue weighted by Gasteiger charge is -2.01. The normalized spacial score (nSPS) is 10.9. The minimum Gasteiger partial charge on any atom is -0.456 e. The molecule has 5 aromatic rings. The van der Waals surface area contributed by atoms with E-state index in [0.29, 0.717) is 23.8 Å². The van der Waals surface area contributed by atoms with E-state index in [1.165, 1.54) is 17.9 Å². The summed E-state index contributed by atoms with van der Waals surface area (Å²) in [5.41, 5.74) is 1.93. The zero-order valence-corrected chi connectivity index (χ0v) is 18.8. The summed E-state index contributed by atoms with van der Waals surface area (Å²) in [5, 5.41) is 11.2. The molecule has 0 unspecified atom stereocenters. The molecule has 0 atom stereocenters. The van der Waals surface area contributed by atoms with E-state index in [1.807, 2.05) is 60.7 Å². The first-order chi connectivity index (χ1) is 17.0. The molecule has 5 rings (SSSR count). The minimum absolute atomic E-state index is 0.161. The molecule has 1 amide bonds. The number of carbonyl (C=O) groups is 2. The number of ketones is 1. The Hall–Kier alpha value is -4.79. The zero-order chi connectivity index (χ0) is 24.2. The maximum absolute atomic E-state index is 13.2. The van der Waals surface area contributed by atoms with Gasteiger partial charge in [0.2, 0.25) is 0 Å². The summed E-state index contributed by atoms with van der Waals surface area (Å²) in [6.45, 7) is 1.64. The number of oxazole rings is 1. The van der Waals surface area contributed by atoms with Crippen LogP contribution in [0.1, 0.15) is 45.2 Å². The highest BCUT2D eigenvalue weighted by Gasteiger charge is 2.22. The third kappa shape index (κ3) is 5.09. The lowest BCUT2D eigenvalue weighted by atomic mass is 10.1. The number of Topliss-reactive ketones (excluding diaryl/α,β-unsaturated/α-hetero) is 1. The summed E-state index contributed by atoms with van der Waals surface area (Å²) in [4.78, 5) is 30.4. The van der Waals surface area contributed by atoms with Gasteiger partial charge in [0.15, 0.2) is 34.7 Å². The van der Waals surface area contributed by atoms with Crippen LogP contribution in [0.4, 0.5) is 5.82 Å². The van der Waals surface area contributed by atoms with Crippen LogP contribution in [-0.2, 0) is 13.0 Å². The molecular formula is C26H21N5O4. The molecule has 35 heavy (non-hydrogen) atoms. The first-order valence-corrected chi connectivity index (χ1v) is 11.0. The largest absolute Gasteiger partial charge is 0.456 e. The van der Waals surface area contributed by atoms with Gasteiger partial charge >= 0.3 is 0 Å². The number of carbonyl (C=O) groups excluding carboxylic acids is 2. The number of rotatable bonds is 8. The van der Waals surface area contributed by atoms with Crippen molar-refractivity contribution in [1.82, 2.24) is 20.0 Å². The van der Waals surface area contributed by atoms with Gasteiger partial charge in [-0.2, -0.15) is 9.90 Å². The standard InChI is InChI=1S/C26H21N5O4/c1-17(32)21-13-12-20(34-21)16-31-27-15-22(30-31)28-26(33)24-25(19-10-6-3-7-11-19)35-23(29-24)14-18-8-4-2-5-9-18/h2-13,15H,14,16H2,1H3,(H,28,30,33). The molecule has 0 aliphatic carbocycles. The summed E-state index contributed by atoms with van der Waals surface area (Å²) >= 11 is 0. The van der Waals surface area contributed by atoms with Crippen LogP contribution < -0.4 is 5.32 Å². The Morgan fingerprint density at radius 3 is 2.40 bits per heavy atom. The summed E-state index contributed by atoms with van der Waals surface area (Å²) in [6, 6.07) is 22.4. The van der Waals surface area contributed by atoms with Gasteiger partial charge in [0.05, 0.1) is 6.20 Å². The Labute approximate surface area is 200 Å². The van der Waals surface area contributed by atoms with E-state index in [9.17, 15) is 9.59 Å². The smallest absolute Gasteiger partial charge is 0.279 e. The van der Waals surface area contributed by atoms with E-state index >= 15 is 0 Å². The molecule has 174 valence electrons. The molecule has 0 saturated heterocycles. The van der Waals surface area contributed by atoms with Crippen molar-refractivity contribution in [3.05, 3.63) is 108 Å². The first-order valence-electron chi connectivity index (χ1n) is 11.0. The fourth-order valence-electron chi connectivity index (χ4n) is 3.55. The van der Waals surface area contributed by atoms with Crippen molar-refractivity contribution in [2.24, 2.45) is 0 Å². The minimum atomic E-state index is -0.462. The van der Waals surface area contributed by atoms with Crippen LogP contribution in [0.15, 0.2) is 87.8 Å². The summed E-state index contributed by atoms with van der Waals surface area (Å²) < 4.78 is 11.5. The number of furan rings is 1. The Morgan fingerprint density at radius 1 is 0.943 bits per heavy atom. The molecule has 3 aromatic heterocycles. The van der Waals surface area contributed by atoms with Crippen LogP contribution >= 0.6 is 0 Å². The number of benzene rings is 2. The van der Waals surface area contributed by atoms with Crippen LogP contribution in [0.5, 0.6) is 0 Å². The fraction of sp³-hybridized carbons (Fsp3) is 0.115. The molecular weight excluding hydrogens is 446 g/mol. The van der Waals surface area contributed by atoms with Gasteiger partial charge in [-0.15, -0.1) is 5.10 Å². The van der Waals surface area contributed by atoms with E-state index in [-0.39, 0.29) is 29.6 Å². The van der Waals surface area contributed by atoms with Gasteiger partial charge in [-0.3, -0.25) is 9.59 Å². The van der Waals surface area contributed by atoms with Crippen molar-refractivity contribution in [2.75, 3.05) is 5.32 Å². The van der Waals surface area contributed by atoms with Crippen molar-refractivity contribution >= 4 is 17.5 Å². The molecule has 9 heteroatoms. The van der Waals surface area contributed by atoms with E-state index in [1.54, 1.807) is 12.1 Å². The van der Waals surface area contributed by atoms with E-state index < -0.39 is 5.91 Å². The highest BCUT2D eigenvalue weighted by atomic mass is 16.4. The first kappa shape index (κ1) is 22.0. The summed E-state index contributed by atoms with van der Waals surface area (Å²) in [6.07, 6.45) is 1.88. The maximum atomic E-state index is 13.2. The maximum Gasteiger partial charge on any atom is 0.279 e. The number of anilines is 1. The van der Waals surface area contributed by atoms with Gasteiger partial charge in [0.25, 0.3) is 5.91 Å². The predicted octanol–water partition coefficient (Wildman–Crippen LogP) is 4.62. The SMILES string of the molecule is CC(=O)c1ccc(Cn2ncc(NC(=O)c3nc(Cc4ccccc4)oc3-c3ccccc3)n2)o1. The van der Waals surface area contributed by atoms with Crippen molar-refractivity contribution in [3.8, 4) is 11.3 Å². The molecule has 9 nitrogen and oxygen atoms in total. The monoisotopic (exact) mass is 467 g/mol. The number of hydrogen-bond acceptors (Lipinski definition) is 7. The number of amides is 1. The summed E-state index contributed by atoms with van der Waals surface area (Å²) in [5.74, 6) is 1.24. The van der Waals surface area contributed by atoms with Gasteiger partial charge in [0, 0.05) is 18.9 Å². The van der Waals surface area contributed by atoms with Gasteiger partial charge in [-0.1, -0.05) is 60.7 Å². The second-order valence-corrected chi connectivity index (χ2v) is 7.85. The van der Waals surface area contributed by atoms with E-state index in [4.69, 9.17) is 8.83 Å². The summed E-state index contributed by atoms with van der Waals surface area (Å²) in [7, 11) is 0. The van der Waals surface area contributed by atoms with Gasteiger partial charge in [-0.05, 0) is 17.7 Å². The van der Waals surface area contributed by atoms with Crippen molar-refractivity contribution in [3.63, 3.8) is 0 Å². The van der Waals surface area contributed by atoms with Crippen molar-refractivity contribution in [2.45, 2.75) is 19.9 Å². The number of aromatic nitrogens is 4. The highest BCUT2D eigenvalue weighted by Crippen LogP contribution is 2.26. The van der Waals surface area contributed by atoms with Crippen molar-refractivity contribution in [1.29, 1.82) is 0 Å². The topological polar surface area (TPSA) is 116 Å². The second-order valence-electron chi connectivity index (χ2n) is 7.85. The third-order valence-electron chi connectivity index (χ3n) is 5.20. The Balaban J connectivity index is 1.36. The highest BCUT2D eigenvalue weighted by molar-refractivity contribution is 6.06. The van der Waals surface area contributed by atoms with Crippen LogP contribution in [0, 0.1) is 0 Å². The molecule has 0 radical (unpaired) electrons. The van der Waals surface area contributed by atoms with Gasteiger partial charge in [-0.25, -0.2) is 4.98 Å². The van der Waals surface area contributed by atoms with Crippen LogP contribution in [0.3, 0.4) is 0 Å². The molecule has 0 aliphatic heterocycles. The molecule has 2 aromatic carbocycles. The fourth-order valence-corrected chi connectivity index (χ4v) is 3.55. The molecule has 1 N–H and O–H groups in total. The average molecular weight is 467 g/mol. The quantitative estimate of drug-likeness (QED) is 0.331. The molecule has 0 aliphatic rings. The van der Waals surface area contributed by atoms with Gasteiger partial charge in [0.1, 0.15) is 12.3 Å². The molecule has 0 fully saturated rings. The number of hydrogen-bond donors (Lipinski definition) is 1. The Kier molecular flexibility index (Phi) is 6.04. The lowest BCUT2D eigenvalue weighted by Crippen LogP contribution is -2.14. The van der Waals surface area contributed by atoms with Crippen LogP contribution in [-0.4, -0.2) is 31.7 Å². The van der Waals surface area contributed by atoms with Gasteiger partial charge < -0.3 is 14.2 Å². The van der Waals surface area contributed by atoms with E-state index in [0.717, 1.165) is 11.1 Å². The molecule has 0 bridgehead atoms. The zero-order valence-electron chi connectivity index (χ0n) is 18.8. The Bertz CT molecular complexity index is 1470. The van der Waals surface area contributed by atoms with E-state index in [2.05, 4.69) is 20.5 Å². The molecule has 0 spiro atoms. The number of nitrogens with one attached hydrogen (secondary N) is 1. The molecule has 0 saturated carbocycles.